The second kappa shape index (κ2) is 10.2. The lowest BCUT2D eigenvalue weighted by Gasteiger charge is -2.36. The average Bonchev–Trinajstić information content (AvgIpc) is 3.26. The second-order valence-electron chi connectivity index (χ2n) is 8.81. The Morgan fingerprint density at radius 3 is 2.27 bits per heavy atom. The Labute approximate surface area is 192 Å². The number of carbonyl (C=O) groups excluding carboxylic acids is 1. The van der Waals surface area contributed by atoms with Crippen LogP contribution in [-0.4, -0.2) is 67.8 Å². The first kappa shape index (κ1) is 23.7. The Balaban J connectivity index is 1.47. The highest BCUT2D eigenvalue weighted by molar-refractivity contribution is 5.84. The summed E-state index contributed by atoms with van der Waals surface area (Å²) in [5, 5.41) is 2.68. The maximum atomic E-state index is 14.3. The van der Waals surface area contributed by atoms with Crippen molar-refractivity contribution in [3.63, 3.8) is 0 Å². The normalized spacial score (nSPS) is 23.4. The SMILES string of the molecule is O=C(NCC(c1ccccc1)N1CCOCC1)C1(C(F)(F)F)CCN(Cc2ccccc2)C1. The number of carbonyl (C=O) groups is 1. The molecule has 2 aliphatic rings. The van der Waals surface area contributed by atoms with Gasteiger partial charge in [0.2, 0.25) is 5.91 Å². The minimum absolute atomic E-state index is 0.124. The van der Waals surface area contributed by atoms with E-state index in [2.05, 4.69) is 10.2 Å². The van der Waals surface area contributed by atoms with Crippen LogP contribution in [0.1, 0.15) is 23.6 Å². The Morgan fingerprint density at radius 1 is 1.00 bits per heavy atom. The number of ether oxygens (including phenoxy) is 1. The molecule has 2 aromatic rings. The van der Waals surface area contributed by atoms with Gasteiger partial charge in [0, 0.05) is 32.7 Å². The van der Waals surface area contributed by atoms with Crippen molar-refractivity contribution in [2.24, 2.45) is 5.41 Å². The molecule has 2 unspecified atom stereocenters. The van der Waals surface area contributed by atoms with Crippen LogP contribution in [0.2, 0.25) is 0 Å². The van der Waals surface area contributed by atoms with Crippen molar-refractivity contribution < 1.29 is 22.7 Å². The minimum Gasteiger partial charge on any atom is -0.379 e. The molecule has 1 N–H and O–H groups in total. The summed E-state index contributed by atoms with van der Waals surface area (Å²) in [5.41, 5.74) is -0.487. The molecule has 2 aliphatic heterocycles. The van der Waals surface area contributed by atoms with Gasteiger partial charge in [-0.3, -0.25) is 14.6 Å². The van der Waals surface area contributed by atoms with Gasteiger partial charge < -0.3 is 10.1 Å². The molecule has 4 rings (SSSR count). The van der Waals surface area contributed by atoms with Crippen LogP contribution in [-0.2, 0) is 16.1 Å². The Kier molecular flexibility index (Phi) is 7.36. The van der Waals surface area contributed by atoms with E-state index in [1.54, 1.807) is 4.90 Å². The van der Waals surface area contributed by atoms with Gasteiger partial charge in [-0.1, -0.05) is 60.7 Å². The Hall–Kier alpha value is -2.42. The molecule has 0 saturated carbocycles. The first-order chi connectivity index (χ1) is 15.9. The lowest BCUT2D eigenvalue weighted by Crippen LogP contribution is -2.54. The summed E-state index contributed by atoms with van der Waals surface area (Å²) >= 11 is 0. The van der Waals surface area contributed by atoms with Gasteiger partial charge in [0.05, 0.1) is 19.3 Å². The molecular formula is C25H30F3N3O2. The van der Waals surface area contributed by atoms with Gasteiger partial charge in [-0.05, 0) is 24.1 Å². The number of amides is 1. The number of halogens is 3. The van der Waals surface area contributed by atoms with E-state index < -0.39 is 17.5 Å². The van der Waals surface area contributed by atoms with Crippen LogP contribution in [0, 0.1) is 5.41 Å². The van der Waals surface area contributed by atoms with E-state index in [1.165, 1.54) is 0 Å². The molecule has 1 amide bonds. The fourth-order valence-corrected chi connectivity index (χ4v) is 4.79. The highest BCUT2D eigenvalue weighted by Crippen LogP contribution is 2.46. The molecule has 2 heterocycles. The molecule has 5 nitrogen and oxygen atoms in total. The molecule has 0 spiro atoms. The monoisotopic (exact) mass is 461 g/mol. The van der Waals surface area contributed by atoms with Crippen molar-refractivity contribution >= 4 is 5.91 Å². The lowest BCUT2D eigenvalue weighted by molar-refractivity contribution is -0.218. The largest absolute Gasteiger partial charge is 0.404 e. The van der Waals surface area contributed by atoms with Gasteiger partial charge in [-0.15, -0.1) is 0 Å². The van der Waals surface area contributed by atoms with Gasteiger partial charge in [0.1, 0.15) is 0 Å². The third-order valence-corrected chi connectivity index (χ3v) is 6.70. The highest BCUT2D eigenvalue weighted by atomic mass is 19.4. The summed E-state index contributed by atoms with van der Waals surface area (Å²) < 4.78 is 48.2. The van der Waals surface area contributed by atoms with Crippen molar-refractivity contribution in [1.82, 2.24) is 15.1 Å². The van der Waals surface area contributed by atoms with Crippen molar-refractivity contribution in [2.75, 3.05) is 45.9 Å². The predicted octanol–water partition coefficient (Wildman–Crippen LogP) is 3.63. The quantitative estimate of drug-likeness (QED) is 0.684. The number of morpholine rings is 1. The van der Waals surface area contributed by atoms with E-state index in [0.717, 1.165) is 11.1 Å². The van der Waals surface area contributed by atoms with Crippen LogP contribution in [0.4, 0.5) is 13.2 Å². The standard InChI is InChI=1S/C25H30F3N3O2/c26-25(27,28)24(11-12-30(19-24)18-20-7-3-1-4-8-20)23(32)29-17-22(21-9-5-2-6-10-21)31-13-15-33-16-14-31/h1-10,22H,11-19H2,(H,29,32). The predicted molar refractivity (Wildman–Crippen MR) is 119 cm³/mol. The zero-order valence-electron chi connectivity index (χ0n) is 18.6. The number of nitrogens with zero attached hydrogens (tertiary/aromatic N) is 2. The summed E-state index contributed by atoms with van der Waals surface area (Å²) in [6.07, 6.45) is -4.85. The van der Waals surface area contributed by atoms with E-state index in [9.17, 15) is 18.0 Å². The maximum absolute atomic E-state index is 14.3. The van der Waals surface area contributed by atoms with Crippen LogP contribution < -0.4 is 5.32 Å². The van der Waals surface area contributed by atoms with Gasteiger partial charge in [-0.25, -0.2) is 0 Å². The van der Waals surface area contributed by atoms with E-state index in [-0.39, 0.29) is 32.1 Å². The molecule has 0 aliphatic carbocycles. The topological polar surface area (TPSA) is 44.8 Å². The molecule has 2 saturated heterocycles. The average molecular weight is 462 g/mol. The minimum atomic E-state index is -4.62. The number of hydrogen-bond donors (Lipinski definition) is 1. The summed E-state index contributed by atoms with van der Waals surface area (Å²) in [5.74, 6) is -0.931. The van der Waals surface area contributed by atoms with Gasteiger partial charge in [0.15, 0.2) is 5.41 Å². The lowest BCUT2D eigenvalue weighted by atomic mass is 9.85. The molecule has 8 heteroatoms. The number of benzene rings is 2. The second-order valence-corrected chi connectivity index (χ2v) is 8.81. The molecule has 33 heavy (non-hydrogen) atoms. The molecule has 0 bridgehead atoms. The van der Waals surface area contributed by atoms with Gasteiger partial charge >= 0.3 is 6.18 Å². The number of alkyl halides is 3. The van der Waals surface area contributed by atoms with E-state index in [1.807, 2.05) is 60.7 Å². The summed E-state index contributed by atoms with van der Waals surface area (Å²) in [6, 6.07) is 18.8. The zero-order chi connectivity index (χ0) is 23.3. The molecular weight excluding hydrogens is 431 g/mol. The van der Waals surface area contributed by atoms with Crippen molar-refractivity contribution in [1.29, 1.82) is 0 Å². The summed E-state index contributed by atoms with van der Waals surface area (Å²) in [4.78, 5) is 17.0. The third-order valence-electron chi connectivity index (χ3n) is 6.70. The van der Waals surface area contributed by atoms with E-state index in [0.29, 0.717) is 32.8 Å². The van der Waals surface area contributed by atoms with Crippen LogP contribution in [0.15, 0.2) is 60.7 Å². The van der Waals surface area contributed by atoms with Gasteiger partial charge in [-0.2, -0.15) is 13.2 Å². The molecule has 2 atom stereocenters. The number of hydrogen-bond acceptors (Lipinski definition) is 4. The fraction of sp³-hybridized carbons (Fsp3) is 0.480. The molecule has 0 radical (unpaired) electrons. The summed E-state index contributed by atoms with van der Waals surface area (Å²) in [6.45, 7) is 2.90. The molecule has 2 aromatic carbocycles. The van der Waals surface area contributed by atoms with Crippen molar-refractivity contribution in [3.8, 4) is 0 Å². The first-order valence-electron chi connectivity index (χ1n) is 11.4. The maximum Gasteiger partial charge on any atom is 0.404 e. The Morgan fingerprint density at radius 2 is 1.64 bits per heavy atom. The van der Waals surface area contributed by atoms with Crippen LogP contribution in [0.3, 0.4) is 0 Å². The van der Waals surface area contributed by atoms with E-state index >= 15 is 0 Å². The van der Waals surface area contributed by atoms with Gasteiger partial charge in [0.25, 0.3) is 0 Å². The van der Waals surface area contributed by atoms with Crippen molar-refractivity contribution in [3.05, 3.63) is 71.8 Å². The highest BCUT2D eigenvalue weighted by Gasteiger charge is 2.62. The molecule has 2 fully saturated rings. The number of likely N-dealkylation sites (tertiary alicyclic amines) is 1. The van der Waals surface area contributed by atoms with E-state index in [4.69, 9.17) is 4.74 Å². The summed E-state index contributed by atoms with van der Waals surface area (Å²) in [7, 11) is 0. The third kappa shape index (κ3) is 5.39. The smallest absolute Gasteiger partial charge is 0.379 e. The van der Waals surface area contributed by atoms with Crippen LogP contribution >= 0.6 is 0 Å². The Bertz CT molecular complexity index is 904. The van der Waals surface area contributed by atoms with Crippen LogP contribution in [0.5, 0.6) is 0 Å². The molecule has 178 valence electrons. The van der Waals surface area contributed by atoms with Crippen LogP contribution in [0.25, 0.3) is 0 Å². The zero-order valence-corrected chi connectivity index (χ0v) is 18.6. The first-order valence-corrected chi connectivity index (χ1v) is 11.4. The number of rotatable bonds is 7. The molecule has 0 aromatic heterocycles. The number of nitrogens with one attached hydrogen (secondary N) is 1. The fourth-order valence-electron chi connectivity index (χ4n) is 4.79. The van der Waals surface area contributed by atoms with Crippen molar-refractivity contribution in [2.45, 2.75) is 25.2 Å².